The van der Waals surface area contributed by atoms with Crippen LogP contribution >= 0.6 is 0 Å². The van der Waals surface area contributed by atoms with Gasteiger partial charge in [-0.25, -0.2) is 13.2 Å². The smallest absolute Gasteiger partial charge is 0.254 e. The molecular weight excluding hydrogens is 309 g/mol. The van der Waals surface area contributed by atoms with Gasteiger partial charge in [0.05, 0.1) is 0 Å². The van der Waals surface area contributed by atoms with Gasteiger partial charge in [0.1, 0.15) is 0 Å². The Balaban J connectivity index is 2.13. The normalized spacial score (nSPS) is 16.0. The summed E-state index contributed by atoms with van der Waals surface area (Å²) in [5.41, 5.74) is -0.258. The van der Waals surface area contributed by atoms with E-state index in [0.717, 1.165) is 0 Å². The lowest BCUT2D eigenvalue weighted by Gasteiger charge is -2.23. The zero-order valence-electron chi connectivity index (χ0n) is 13.1. The summed E-state index contributed by atoms with van der Waals surface area (Å²) < 4.78 is 39.5. The van der Waals surface area contributed by atoms with Crippen LogP contribution in [0.4, 0.5) is 13.2 Å². The Hall–Kier alpha value is -2.05. The molecule has 2 amide bonds. The number of amides is 2. The van der Waals surface area contributed by atoms with Gasteiger partial charge in [0.2, 0.25) is 5.91 Å². The third-order valence-corrected chi connectivity index (χ3v) is 3.69. The molecule has 1 aliphatic rings. The van der Waals surface area contributed by atoms with Gasteiger partial charge >= 0.3 is 0 Å². The summed E-state index contributed by atoms with van der Waals surface area (Å²) in [5, 5.41) is 0. The Labute approximate surface area is 132 Å². The van der Waals surface area contributed by atoms with E-state index in [4.69, 9.17) is 0 Å². The SMILES string of the molecule is CC(C)CN1CCN(C(=O)c2cc(F)c(F)c(F)c2)CCC1=O. The predicted molar refractivity (Wildman–Crippen MR) is 78.3 cm³/mol. The second-order valence-corrected chi connectivity index (χ2v) is 6.03. The van der Waals surface area contributed by atoms with Crippen molar-refractivity contribution in [1.82, 2.24) is 9.80 Å². The van der Waals surface area contributed by atoms with Crippen LogP contribution in [0.2, 0.25) is 0 Å². The van der Waals surface area contributed by atoms with E-state index in [1.54, 1.807) is 4.90 Å². The highest BCUT2D eigenvalue weighted by molar-refractivity contribution is 5.94. The molecule has 0 aliphatic carbocycles. The molecule has 1 saturated heterocycles. The molecule has 0 atom stereocenters. The highest BCUT2D eigenvalue weighted by Gasteiger charge is 2.26. The first kappa shape index (κ1) is 17.3. The largest absolute Gasteiger partial charge is 0.341 e. The van der Waals surface area contributed by atoms with Gasteiger partial charge in [-0.1, -0.05) is 13.8 Å². The fraction of sp³-hybridized carbons (Fsp3) is 0.500. The third kappa shape index (κ3) is 4.03. The molecule has 1 aromatic carbocycles. The summed E-state index contributed by atoms with van der Waals surface area (Å²) in [7, 11) is 0. The molecule has 4 nitrogen and oxygen atoms in total. The Morgan fingerprint density at radius 1 is 1.13 bits per heavy atom. The van der Waals surface area contributed by atoms with Gasteiger partial charge in [0.25, 0.3) is 5.91 Å². The van der Waals surface area contributed by atoms with E-state index < -0.39 is 23.4 Å². The van der Waals surface area contributed by atoms with E-state index in [0.29, 0.717) is 31.1 Å². The van der Waals surface area contributed by atoms with Crippen molar-refractivity contribution in [3.8, 4) is 0 Å². The van der Waals surface area contributed by atoms with Crippen molar-refractivity contribution in [2.75, 3.05) is 26.2 Å². The summed E-state index contributed by atoms with van der Waals surface area (Å²) in [6.07, 6.45) is 0.157. The van der Waals surface area contributed by atoms with Gasteiger partial charge in [0.15, 0.2) is 17.5 Å². The first-order valence-corrected chi connectivity index (χ1v) is 7.51. The standard InChI is InChI=1S/C16H19F3N2O2/c1-10(2)9-21-6-5-20(4-3-14(21)22)16(23)11-7-12(17)15(19)13(18)8-11/h7-8,10H,3-6,9H2,1-2H3. The average molecular weight is 328 g/mol. The van der Waals surface area contributed by atoms with E-state index in [2.05, 4.69) is 0 Å². The van der Waals surface area contributed by atoms with Crippen molar-refractivity contribution in [3.05, 3.63) is 35.1 Å². The molecule has 0 radical (unpaired) electrons. The van der Waals surface area contributed by atoms with Gasteiger partial charge in [-0.2, -0.15) is 0 Å². The van der Waals surface area contributed by atoms with Crippen molar-refractivity contribution >= 4 is 11.8 Å². The molecule has 0 spiro atoms. The van der Waals surface area contributed by atoms with Crippen molar-refractivity contribution in [2.24, 2.45) is 5.92 Å². The van der Waals surface area contributed by atoms with Crippen molar-refractivity contribution in [3.63, 3.8) is 0 Å². The zero-order valence-corrected chi connectivity index (χ0v) is 13.1. The molecule has 23 heavy (non-hydrogen) atoms. The molecule has 1 fully saturated rings. The number of nitrogens with zero attached hydrogens (tertiary/aromatic N) is 2. The highest BCUT2D eigenvalue weighted by Crippen LogP contribution is 2.17. The Bertz CT molecular complexity index is 596. The minimum absolute atomic E-state index is 0.0505. The molecule has 2 rings (SSSR count). The minimum atomic E-state index is -1.60. The van der Waals surface area contributed by atoms with Gasteiger partial charge in [-0.15, -0.1) is 0 Å². The molecule has 7 heteroatoms. The quantitative estimate of drug-likeness (QED) is 0.800. The summed E-state index contributed by atoms with van der Waals surface area (Å²) in [4.78, 5) is 27.4. The number of hydrogen-bond donors (Lipinski definition) is 0. The average Bonchev–Trinajstić information content (AvgIpc) is 2.66. The summed E-state index contributed by atoms with van der Waals surface area (Å²) in [6, 6.07) is 1.36. The molecule has 1 heterocycles. The number of carbonyl (C=O) groups is 2. The van der Waals surface area contributed by atoms with Crippen LogP contribution in [0.3, 0.4) is 0 Å². The van der Waals surface area contributed by atoms with Crippen LogP contribution in [0, 0.1) is 23.4 Å². The Morgan fingerprint density at radius 2 is 1.74 bits per heavy atom. The van der Waals surface area contributed by atoms with E-state index in [9.17, 15) is 22.8 Å². The second kappa shape index (κ2) is 7.02. The molecule has 1 aliphatic heterocycles. The maximum atomic E-state index is 13.3. The molecule has 0 saturated carbocycles. The van der Waals surface area contributed by atoms with E-state index in [-0.39, 0.29) is 31.0 Å². The highest BCUT2D eigenvalue weighted by atomic mass is 19.2. The fourth-order valence-electron chi connectivity index (χ4n) is 2.57. The predicted octanol–water partition coefficient (Wildman–Crippen LogP) is 2.43. The number of halogens is 3. The zero-order chi connectivity index (χ0) is 17.1. The van der Waals surface area contributed by atoms with E-state index >= 15 is 0 Å². The van der Waals surface area contributed by atoms with Crippen molar-refractivity contribution in [2.45, 2.75) is 20.3 Å². The molecule has 0 aromatic heterocycles. The molecule has 0 unspecified atom stereocenters. The molecule has 0 N–H and O–H groups in total. The lowest BCUT2D eigenvalue weighted by Crippen LogP contribution is -2.37. The van der Waals surface area contributed by atoms with Crippen LogP contribution in [0.1, 0.15) is 30.6 Å². The van der Waals surface area contributed by atoms with Crippen LogP contribution in [0.5, 0.6) is 0 Å². The second-order valence-electron chi connectivity index (χ2n) is 6.03. The number of rotatable bonds is 3. The first-order valence-electron chi connectivity index (χ1n) is 7.51. The number of hydrogen-bond acceptors (Lipinski definition) is 2. The Kier molecular flexibility index (Phi) is 5.28. The maximum Gasteiger partial charge on any atom is 0.254 e. The van der Waals surface area contributed by atoms with Gasteiger partial charge < -0.3 is 9.80 Å². The summed E-state index contributed by atoms with van der Waals surface area (Å²) in [6.45, 7) is 5.40. The van der Waals surface area contributed by atoms with Crippen LogP contribution in [-0.4, -0.2) is 47.8 Å². The molecule has 126 valence electrons. The van der Waals surface area contributed by atoms with Crippen molar-refractivity contribution in [1.29, 1.82) is 0 Å². The van der Waals surface area contributed by atoms with Gasteiger partial charge in [-0.3, -0.25) is 9.59 Å². The molecule has 1 aromatic rings. The van der Waals surface area contributed by atoms with Crippen LogP contribution in [0.15, 0.2) is 12.1 Å². The summed E-state index contributed by atoms with van der Waals surface area (Å²) in [5.74, 6) is -4.76. The van der Waals surface area contributed by atoms with E-state index in [1.165, 1.54) is 4.90 Å². The number of carbonyl (C=O) groups excluding carboxylic acids is 2. The number of benzene rings is 1. The van der Waals surface area contributed by atoms with Crippen LogP contribution in [-0.2, 0) is 4.79 Å². The monoisotopic (exact) mass is 328 g/mol. The third-order valence-electron chi connectivity index (χ3n) is 3.69. The van der Waals surface area contributed by atoms with Crippen LogP contribution in [0.25, 0.3) is 0 Å². The minimum Gasteiger partial charge on any atom is -0.341 e. The van der Waals surface area contributed by atoms with E-state index in [1.807, 2.05) is 13.8 Å². The molecule has 0 bridgehead atoms. The topological polar surface area (TPSA) is 40.6 Å². The lowest BCUT2D eigenvalue weighted by atomic mass is 10.1. The maximum absolute atomic E-state index is 13.3. The van der Waals surface area contributed by atoms with Crippen LogP contribution < -0.4 is 0 Å². The lowest BCUT2D eigenvalue weighted by molar-refractivity contribution is -0.130. The fourth-order valence-corrected chi connectivity index (χ4v) is 2.57. The molecular formula is C16H19F3N2O2. The van der Waals surface area contributed by atoms with Gasteiger partial charge in [0, 0.05) is 38.2 Å². The van der Waals surface area contributed by atoms with Crippen molar-refractivity contribution < 1.29 is 22.8 Å². The first-order chi connectivity index (χ1) is 10.8. The van der Waals surface area contributed by atoms with Gasteiger partial charge in [-0.05, 0) is 18.1 Å². The Morgan fingerprint density at radius 3 is 2.30 bits per heavy atom. The summed E-state index contributed by atoms with van der Waals surface area (Å²) >= 11 is 0.